The van der Waals surface area contributed by atoms with E-state index in [2.05, 4.69) is 70.8 Å². The first-order chi connectivity index (χ1) is 17.6. The van der Waals surface area contributed by atoms with Crippen LogP contribution in [0.15, 0.2) is 71.3 Å². The Balaban J connectivity index is 0.000000969. The molecule has 1 aliphatic rings. The number of likely N-dealkylation sites (tertiary alicyclic amines) is 1. The molecular formula is C31H38Cl2N4O. The fourth-order valence-corrected chi connectivity index (χ4v) is 5.02. The van der Waals surface area contributed by atoms with E-state index < -0.39 is 0 Å². The molecule has 7 heteroatoms. The maximum absolute atomic E-state index is 9.04. The Morgan fingerprint density at radius 2 is 1.63 bits per heavy atom. The van der Waals surface area contributed by atoms with Gasteiger partial charge >= 0.3 is 0 Å². The number of rotatable bonds is 6. The van der Waals surface area contributed by atoms with E-state index in [1.165, 1.54) is 31.5 Å². The minimum atomic E-state index is 0. The number of benzene rings is 3. The van der Waals surface area contributed by atoms with Crippen LogP contribution in [-0.4, -0.2) is 37.2 Å². The number of hydrogen-bond acceptors (Lipinski definition) is 5. The van der Waals surface area contributed by atoms with Crippen LogP contribution in [0.1, 0.15) is 41.6 Å². The van der Waals surface area contributed by atoms with Crippen LogP contribution in [0.2, 0.25) is 0 Å². The zero-order chi connectivity index (χ0) is 25.3. The first kappa shape index (κ1) is 31.3. The summed E-state index contributed by atoms with van der Waals surface area (Å²) < 4.78 is 5.80. The molecule has 5 nitrogen and oxygen atoms in total. The Hall–Kier alpha value is -2.88. The fraction of sp³-hybridized carbons (Fsp3) is 0.355. The van der Waals surface area contributed by atoms with Gasteiger partial charge in [-0.3, -0.25) is 4.90 Å². The topological polar surface area (TPSA) is 65.1 Å². The van der Waals surface area contributed by atoms with Crippen molar-refractivity contribution in [3.05, 3.63) is 89.1 Å². The molecule has 0 radical (unpaired) electrons. The summed E-state index contributed by atoms with van der Waals surface area (Å²) in [5, 5.41) is 17.4. The van der Waals surface area contributed by atoms with Gasteiger partial charge in [0.15, 0.2) is 5.58 Å². The Kier molecular flexibility index (Phi) is 12.8. The van der Waals surface area contributed by atoms with E-state index in [4.69, 9.17) is 9.78 Å². The molecule has 0 unspecified atom stereocenters. The van der Waals surface area contributed by atoms with E-state index in [0.29, 0.717) is 5.56 Å². The van der Waals surface area contributed by atoms with Gasteiger partial charge in [-0.05, 0) is 101 Å². The molecule has 5 rings (SSSR count). The quantitative estimate of drug-likeness (QED) is 0.274. The van der Waals surface area contributed by atoms with Gasteiger partial charge in [-0.1, -0.05) is 53.7 Å². The first-order valence-corrected chi connectivity index (χ1v) is 12.9. The maximum Gasteiger partial charge on any atom is 0.170 e. The second kappa shape index (κ2) is 15.5. The van der Waals surface area contributed by atoms with Crippen LogP contribution < -0.4 is 5.32 Å². The summed E-state index contributed by atoms with van der Waals surface area (Å²) >= 11 is 0. The lowest BCUT2D eigenvalue weighted by atomic mass is 9.90. The molecule has 0 spiro atoms. The molecule has 0 aliphatic carbocycles. The third-order valence-corrected chi connectivity index (χ3v) is 7.03. The van der Waals surface area contributed by atoms with E-state index in [1.54, 1.807) is 0 Å². The van der Waals surface area contributed by atoms with Gasteiger partial charge in [-0.2, -0.15) is 5.26 Å². The van der Waals surface area contributed by atoms with E-state index in [-0.39, 0.29) is 24.8 Å². The lowest BCUT2D eigenvalue weighted by Gasteiger charge is -2.31. The molecule has 1 aromatic heterocycles. The summed E-state index contributed by atoms with van der Waals surface area (Å²) in [7, 11) is 3.75. The summed E-state index contributed by atoms with van der Waals surface area (Å²) in [6.07, 6.45) is 4.64. The van der Waals surface area contributed by atoms with Crippen molar-refractivity contribution < 1.29 is 4.52 Å². The Morgan fingerprint density at radius 3 is 2.26 bits per heavy atom. The highest BCUT2D eigenvalue weighted by molar-refractivity contribution is 5.89. The molecule has 0 amide bonds. The smallest absolute Gasteiger partial charge is 0.170 e. The van der Waals surface area contributed by atoms with Crippen LogP contribution in [0.25, 0.3) is 22.1 Å². The molecule has 1 saturated heterocycles. The van der Waals surface area contributed by atoms with Gasteiger partial charge in [0, 0.05) is 17.5 Å². The third kappa shape index (κ3) is 7.82. The standard InChI is InChI=1S/C29H29N3O.C2H7N.2ClH/c1-21-26(25-10-7-23(19-30)8-11-25)12-13-27-28(31-33-29(21)27)14-9-22-15-17-32(18-16-22)20-24-5-3-2-4-6-24;1-3-2;;/h2-8,10-13,22H,9,14-18,20H2,1H3;3H,1-2H3;2*1H. The van der Waals surface area contributed by atoms with Crippen molar-refractivity contribution in [3.8, 4) is 17.2 Å². The zero-order valence-corrected chi connectivity index (χ0v) is 24.1. The molecule has 202 valence electrons. The van der Waals surface area contributed by atoms with Crippen molar-refractivity contribution in [2.24, 2.45) is 5.92 Å². The second-order valence-electron chi connectivity index (χ2n) is 9.68. The van der Waals surface area contributed by atoms with Gasteiger partial charge in [0.05, 0.1) is 17.3 Å². The Bertz CT molecular complexity index is 1290. The van der Waals surface area contributed by atoms with Gasteiger partial charge in [0.1, 0.15) is 0 Å². The van der Waals surface area contributed by atoms with E-state index in [0.717, 1.165) is 58.7 Å². The number of nitrogens with one attached hydrogen (secondary N) is 1. The molecule has 4 aromatic rings. The van der Waals surface area contributed by atoms with Crippen molar-refractivity contribution in [1.29, 1.82) is 5.26 Å². The number of piperidine rings is 1. The number of fused-ring (bicyclic) bond motifs is 1. The third-order valence-electron chi connectivity index (χ3n) is 7.03. The zero-order valence-electron chi connectivity index (χ0n) is 22.4. The van der Waals surface area contributed by atoms with Crippen molar-refractivity contribution in [3.63, 3.8) is 0 Å². The molecule has 1 fully saturated rings. The number of nitrogens with zero attached hydrogens (tertiary/aromatic N) is 3. The van der Waals surface area contributed by atoms with E-state index in [1.807, 2.05) is 38.4 Å². The summed E-state index contributed by atoms with van der Waals surface area (Å²) in [6.45, 7) is 5.49. The predicted octanol–water partition coefficient (Wildman–Crippen LogP) is 7.20. The van der Waals surface area contributed by atoms with Crippen LogP contribution in [-0.2, 0) is 13.0 Å². The van der Waals surface area contributed by atoms with Crippen LogP contribution in [0.3, 0.4) is 0 Å². The van der Waals surface area contributed by atoms with Crippen LogP contribution >= 0.6 is 24.8 Å². The number of nitriles is 1. The summed E-state index contributed by atoms with van der Waals surface area (Å²) in [6, 6.07) is 24.9. The largest absolute Gasteiger partial charge is 0.356 e. The average molecular weight is 554 g/mol. The Labute approximate surface area is 239 Å². The maximum atomic E-state index is 9.04. The molecule has 0 atom stereocenters. The summed E-state index contributed by atoms with van der Waals surface area (Å²) in [4.78, 5) is 2.57. The van der Waals surface area contributed by atoms with Crippen molar-refractivity contribution in [2.75, 3.05) is 27.2 Å². The van der Waals surface area contributed by atoms with E-state index >= 15 is 0 Å². The first-order valence-electron chi connectivity index (χ1n) is 12.9. The number of halogens is 2. The Morgan fingerprint density at radius 1 is 0.974 bits per heavy atom. The molecule has 1 N–H and O–H groups in total. The van der Waals surface area contributed by atoms with Crippen LogP contribution in [0.5, 0.6) is 0 Å². The van der Waals surface area contributed by atoms with Crippen LogP contribution in [0.4, 0.5) is 0 Å². The molecule has 1 aliphatic heterocycles. The molecule has 0 bridgehead atoms. The molecule has 2 heterocycles. The van der Waals surface area contributed by atoms with Crippen molar-refractivity contribution in [1.82, 2.24) is 15.4 Å². The highest BCUT2D eigenvalue weighted by Gasteiger charge is 2.21. The lowest BCUT2D eigenvalue weighted by molar-refractivity contribution is 0.172. The van der Waals surface area contributed by atoms with E-state index in [9.17, 15) is 0 Å². The molecule has 3 aromatic carbocycles. The van der Waals surface area contributed by atoms with Gasteiger partial charge in [0.25, 0.3) is 0 Å². The molecule has 0 saturated carbocycles. The predicted molar refractivity (Wildman–Crippen MR) is 161 cm³/mol. The normalized spacial score (nSPS) is 13.5. The highest BCUT2D eigenvalue weighted by Crippen LogP contribution is 2.33. The monoisotopic (exact) mass is 552 g/mol. The second-order valence-corrected chi connectivity index (χ2v) is 9.68. The molecular weight excluding hydrogens is 515 g/mol. The minimum absolute atomic E-state index is 0. The lowest BCUT2D eigenvalue weighted by Crippen LogP contribution is -2.33. The highest BCUT2D eigenvalue weighted by atomic mass is 35.5. The number of aromatic nitrogens is 1. The van der Waals surface area contributed by atoms with Gasteiger partial charge in [-0.15, -0.1) is 24.8 Å². The average Bonchev–Trinajstić information content (AvgIpc) is 3.34. The van der Waals surface area contributed by atoms with Gasteiger partial charge in [-0.25, -0.2) is 0 Å². The molecule has 38 heavy (non-hydrogen) atoms. The van der Waals surface area contributed by atoms with Gasteiger partial charge in [0.2, 0.25) is 0 Å². The SMILES string of the molecule is CNC.Cc1c(-c2ccc(C#N)cc2)ccc2c(CCC3CCN(Cc4ccccc4)CC3)noc12.Cl.Cl. The number of aryl methyl sites for hydroxylation is 2. The number of hydrogen-bond donors (Lipinski definition) is 1. The van der Waals surface area contributed by atoms with Crippen molar-refractivity contribution in [2.45, 2.75) is 39.2 Å². The fourth-order valence-electron chi connectivity index (χ4n) is 5.02. The summed E-state index contributed by atoms with van der Waals surface area (Å²) in [5.74, 6) is 0.753. The summed E-state index contributed by atoms with van der Waals surface area (Å²) in [5.41, 5.74) is 7.35. The minimum Gasteiger partial charge on any atom is -0.356 e. The van der Waals surface area contributed by atoms with Crippen molar-refractivity contribution >= 4 is 35.8 Å². The van der Waals surface area contributed by atoms with Crippen LogP contribution in [0, 0.1) is 24.2 Å². The van der Waals surface area contributed by atoms with Gasteiger partial charge < -0.3 is 9.84 Å².